The second kappa shape index (κ2) is 10.9. The van der Waals surface area contributed by atoms with Gasteiger partial charge in [-0.2, -0.15) is 0 Å². The summed E-state index contributed by atoms with van der Waals surface area (Å²) in [6.07, 6.45) is 5.22. The summed E-state index contributed by atoms with van der Waals surface area (Å²) < 4.78 is 10.5. The molecule has 144 valence electrons. The van der Waals surface area contributed by atoms with Crippen molar-refractivity contribution in [2.45, 2.75) is 12.8 Å². The van der Waals surface area contributed by atoms with Crippen molar-refractivity contribution in [3.8, 4) is 11.5 Å². The number of nitrogens with zero attached hydrogens (tertiary/aromatic N) is 1. The molecule has 0 bridgehead atoms. The van der Waals surface area contributed by atoms with Gasteiger partial charge in [-0.1, -0.05) is 18.2 Å². The number of para-hydroxylation sites is 1. The summed E-state index contributed by atoms with van der Waals surface area (Å²) in [6, 6.07) is 15.8. The van der Waals surface area contributed by atoms with Crippen LogP contribution >= 0.6 is 0 Å². The number of carbonyl (C=O) groups excluding carboxylic acids is 1. The van der Waals surface area contributed by atoms with Gasteiger partial charge >= 0.3 is 0 Å². The van der Waals surface area contributed by atoms with Gasteiger partial charge in [0, 0.05) is 43.5 Å². The first-order valence-electron chi connectivity index (χ1n) is 9.08. The lowest BCUT2D eigenvalue weighted by Gasteiger charge is -2.18. The molecule has 0 fully saturated rings. The molecule has 1 N–H and O–H groups in total. The van der Waals surface area contributed by atoms with Gasteiger partial charge in [0.2, 0.25) is 5.91 Å². The van der Waals surface area contributed by atoms with E-state index >= 15 is 0 Å². The first kappa shape index (κ1) is 20.4. The molecule has 0 saturated heterocycles. The summed E-state index contributed by atoms with van der Waals surface area (Å²) in [5, 5.41) is 2.92. The van der Waals surface area contributed by atoms with E-state index in [0.29, 0.717) is 18.0 Å². The van der Waals surface area contributed by atoms with Gasteiger partial charge in [-0.15, -0.1) is 0 Å². The van der Waals surface area contributed by atoms with E-state index in [1.807, 2.05) is 30.3 Å². The molecule has 0 aliphatic rings. The molecule has 0 aliphatic carbocycles. The van der Waals surface area contributed by atoms with Gasteiger partial charge in [-0.3, -0.25) is 4.79 Å². The lowest BCUT2D eigenvalue weighted by Crippen LogP contribution is -2.24. The molecule has 27 heavy (non-hydrogen) atoms. The second-order valence-corrected chi connectivity index (χ2v) is 6.20. The van der Waals surface area contributed by atoms with E-state index in [4.69, 9.17) is 9.47 Å². The minimum absolute atomic E-state index is 0.107. The second-order valence-electron chi connectivity index (χ2n) is 6.20. The third kappa shape index (κ3) is 6.70. The molecule has 0 aromatic heterocycles. The highest BCUT2D eigenvalue weighted by Gasteiger charge is 2.03. The SMILES string of the molecule is COc1ccc(/C=C/C(=O)NCCCCN(C)c2ccccc2)c(OC)c1. The fraction of sp³-hybridized carbons (Fsp3) is 0.318. The number of amides is 1. The third-order valence-corrected chi connectivity index (χ3v) is 4.27. The Kier molecular flexibility index (Phi) is 8.23. The quantitative estimate of drug-likeness (QED) is 0.513. The van der Waals surface area contributed by atoms with Gasteiger partial charge < -0.3 is 19.7 Å². The van der Waals surface area contributed by atoms with Crippen LogP contribution in [-0.2, 0) is 4.79 Å². The van der Waals surface area contributed by atoms with Crippen molar-refractivity contribution in [3.63, 3.8) is 0 Å². The van der Waals surface area contributed by atoms with Crippen molar-refractivity contribution in [3.05, 3.63) is 60.2 Å². The first-order chi connectivity index (χ1) is 13.1. The maximum Gasteiger partial charge on any atom is 0.244 e. The molecule has 2 aromatic rings. The van der Waals surface area contributed by atoms with Crippen LogP contribution in [0.2, 0.25) is 0 Å². The highest BCUT2D eigenvalue weighted by Crippen LogP contribution is 2.25. The zero-order chi connectivity index (χ0) is 19.5. The molecule has 5 heteroatoms. The molecule has 0 saturated carbocycles. The van der Waals surface area contributed by atoms with Crippen molar-refractivity contribution < 1.29 is 14.3 Å². The van der Waals surface area contributed by atoms with E-state index in [0.717, 1.165) is 24.9 Å². The summed E-state index contributed by atoms with van der Waals surface area (Å²) in [4.78, 5) is 14.2. The number of hydrogen-bond donors (Lipinski definition) is 1. The Morgan fingerprint density at radius 2 is 1.85 bits per heavy atom. The van der Waals surface area contributed by atoms with E-state index in [9.17, 15) is 4.79 Å². The number of methoxy groups -OCH3 is 2. The van der Waals surface area contributed by atoms with Crippen molar-refractivity contribution in [2.24, 2.45) is 0 Å². The van der Waals surface area contributed by atoms with E-state index in [-0.39, 0.29) is 5.91 Å². The van der Waals surface area contributed by atoms with Gasteiger partial charge in [0.1, 0.15) is 11.5 Å². The molecule has 1 amide bonds. The average Bonchev–Trinajstić information content (AvgIpc) is 2.72. The Labute approximate surface area is 161 Å². The monoisotopic (exact) mass is 368 g/mol. The normalized spacial score (nSPS) is 10.6. The maximum atomic E-state index is 12.0. The summed E-state index contributed by atoms with van der Waals surface area (Å²) in [7, 11) is 5.28. The summed E-state index contributed by atoms with van der Waals surface area (Å²) in [6.45, 7) is 1.62. The number of carbonyl (C=O) groups is 1. The standard InChI is InChI=1S/C22H28N2O3/c1-24(19-9-5-4-6-10-19)16-8-7-15-23-22(25)14-12-18-11-13-20(26-2)17-21(18)27-3/h4-6,9-14,17H,7-8,15-16H2,1-3H3,(H,23,25)/b14-12+. The average molecular weight is 368 g/mol. The minimum atomic E-state index is -0.107. The van der Waals surface area contributed by atoms with Crippen molar-refractivity contribution in [2.75, 3.05) is 39.3 Å². The first-order valence-corrected chi connectivity index (χ1v) is 9.08. The summed E-state index contributed by atoms with van der Waals surface area (Å²) >= 11 is 0. The van der Waals surface area contributed by atoms with Gasteiger partial charge in [-0.25, -0.2) is 0 Å². The molecule has 2 aromatic carbocycles. The Balaban J connectivity index is 1.71. The molecule has 2 rings (SSSR count). The van der Waals surface area contributed by atoms with Crippen LogP contribution in [0.1, 0.15) is 18.4 Å². The summed E-state index contributed by atoms with van der Waals surface area (Å²) in [5.74, 6) is 1.28. The van der Waals surface area contributed by atoms with Crippen LogP contribution in [-0.4, -0.2) is 40.3 Å². The molecule has 0 radical (unpaired) electrons. The Morgan fingerprint density at radius 1 is 1.07 bits per heavy atom. The topological polar surface area (TPSA) is 50.8 Å². The van der Waals surface area contributed by atoms with Crippen molar-refractivity contribution in [1.82, 2.24) is 5.32 Å². The Morgan fingerprint density at radius 3 is 2.56 bits per heavy atom. The lowest BCUT2D eigenvalue weighted by molar-refractivity contribution is -0.116. The van der Waals surface area contributed by atoms with Crippen molar-refractivity contribution >= 4 is 17.7 Å². The molecule has 0 atom stereocenters. The van der Waals surface area contributed by atoms with Crippen LogP contribution in [0.4, 0.5) is 5.69 Å². The Hall–Kier alpha value is -2.95. The molecular formula is C22H28N2O3. The predicted octanol–water partition coefficient (Wildman–Crippen LogP) is 3.75. The van der Waals surface area contributed by atoms with E-state index in [2.05, 4.69) is 29.4 Å². The smallest absolute Gasteiger partial charge is 0.244 e. The van der Waals surface area contributed by atoms with Gasteiger partial charge in [0.05, 0.1) is 14.2 Å². The van der Waals surface area contributed by atoms with Crippen LogP contribution in [0.5, 0.6) is 11.5 Å². The highest BCUT2D eigenvalue weighted by molar-refractivity contribution is 5.92. The number of ether oxygens (including phenoxy) is 2. The number of hydrogen-bond acceptors (Lipinski definition) is 4. The van der Waals surface area contributed by atoms with E-state index < -0.39 is 0 Å². The van der Waals surface area contributed by atoms with Crippen LogP contribution in [0.25, 0.3) is 6.08 Å². The van der Waals surface area contributed by atoms with Crippen LogP contribution in [0.3, 0.4) is 0 Å². The van der Waals surface area contributed by atoms with Crippen LogP contribution in [0.15, 0.2) is 54.6 Å². The number of unbranched alkanes of at least 4 members (excludes halogenated alkanes) is 1. The molecule has 5 nitrogen and oxygen atoms in total. The van der Waals surface area contributed by atoms with Crippen LogP contribution in [0, 0.1) is 0 Å². The largest absolute Gasteiger partial charge is 0.497 e. The fourth-order valence-electron chi connectivity index (χ4n) is 2.68. The molecule has 0 aliphatic heterocycles. The maximum absolute atomic E-state index is 12.0. The van der Waals surface area contributed by atoms with Gasteiger partial charge in [0.25, 0.3) is 0 Å². The third-order valence-electron chi connectivity index (χ3n) is 4.27. The Bertz CT molecular complexity index is 744. The van der Waals surface area contributed by atoms with Crippen molar-refractivity contribution in [1.29, 1.82) is 0 Å². The number of rotatable bonds is 10. The summed E-state index contributed by atoms with van der Waals surface area (Å²) in [5.41, 5.74) is 2.04. The fourth-order valence-corrected chi connectivity index (χ4v) is 2.68. The number of nitrogens with one attached hydrogen (secondary N) is 1. The molecule has 0 unspecified atom stereocenters. The number of benzene rings is 2. The zero-order valence-electron chi connectivity index (χ0n) is 16.3. The van der Waals surface area contributed by atoms with E-state index in [1.54, 1.807) is 26.4 Å². The zero-order valence-corrected chi connectivity index (χ0v) is 16.3. The van der Waals surface area contributed by atoms with Gasteiger partial charge in [-0.05, 0) is 43.2 Å². The molecule has 0 heterocycles. The molecule has 0 spiro atoms. The van der Waals surface area contributed by atoms with Crippen LogP contribution < -0.4 is 19.7 Å². The molecular weight excluding hydrogens is 340 g/mol. The predicted molar refractivity (Wildman–Crippen MR) is 111 cm³/mol. The van der Waals surface area contributed by atoms with Gasteiger partial charge in [0.15, 0.2) is 0 Å². The minimum Gasteiger partial charge on any atom is -0.497 e. The highest BCUT2D eigenvalue weighted by atomic mass is 16.5. The lowest BCUT2D eigenvalue weighted by atomic mass is 10.1. The van der Waals surface area contributed by atoms with E-state index in [1.165, 1.54) is 11.8 Å². The number of anilines is 1.